The van der Waals surface area contributed by atoms with Gasteiger partial charge < -0.3 is 10.1 Å². The number of piperidine rings is 1. The summed E-state index contributed by atoms with van der Waals surface area (Å²) < 4.78 is 19.3. The number of morpholine rings is 1. The number of nitrogens with one attached hydrogen (secondary N) is 1. The maximum absolute atomic E-state index is 13.9. The number of carbonyl (C=O) groups excluding carboxylic acids is 1. The number of nitriles is 1. The fourth-order valence-corrected chi connectivity index (χ4v) is 3.19. The molecule has 1 N–H and O–H groups in total. The van der Waals surface area contributed by atoms with E-state index in [1.54, 1.807) is 6.07 Å². The third kappa shape index (κ3) is 3.12. The molecule has 1 aromatic carbocycles. The molecule has 0 radical (unpaired) electrons. The SMILES string of the molecule is N#Cc1ccc(CC(=O)C2CC3COCC(C2)N3)c(F)c1. The highest BCUT2D eigenvalue weighted by atomic mass is 19.1. The zero-order chi connectivity index (χ0) is 14.8. The molecule has 0 aromatic heterocycles. The maximum Gasteiger partial charge on any atom is 0.140 e. The molecule has 2 bridgehead atoms. The average Bonchev–Trinajstić information content (AvgIpc) is 2.48. The number of rotatable bonds is 3. The first kappa shape index (κ1) is 14.2. The van der Waals surface area contributed by atoms with Gasteiger partial charge in [0.05, 0.1) is 24.8 Å². The lowest BCUT2D eigenvalue weighted by Gasteiger charge is -2.39. The molecule has 0 amide bonds. The lowest BCUT2D eigenvalue weighted by molar-refractivity contribution is -0.125. The number of halogens is 1. The standard InChI is InChI=1S/C16H17FN2O2/c17-15-3-10(7-18)1-2-11(15)6-16(20)12-4-13-8-21-9-14(5-12)19-13/h1-3,12-14,19H,4-6,8-9H2. The fourth-order valence-electron chi connectivity index (χ4n) is 3.19. The normalized spacial score (nSPS) is 27.9. The molecule has 2 aliphatic heterocycles. The second kappa shape index (κ2) is 5.92. The monoisotopic (exact) mass is 288 g/mol. The van der Waals surface area contributed by atoms with Crippen LogP contribution in [0.2, 0.25) is 0 Å². The Hall–Kier alpha value is -1.77. The number of ether oxygens (including phenoxy) is 1. The van der Waals surface area contributed by atoms with Crippen LogP contribution in [0.3, 0.4) is 0 Å². The fraction of sp³-hybridized carbons (Fsp3) is 0.500. The topological polar surface area (TPSA) is 62.1 Å². The Bertz CT molecular complexity index is 584. The van der Waals surface area contributed by atoms with E-state index in [2.05, 4.69) is 5.32 Å². The van der Waals surface area contributed by atoms with Crippen LogP contribution in [0.4, 0.5) is 4.39 Å². The Morgan fingerprint density at radius 3 is 2.71 bits per heavy atom. The van der Waals surface area contributed by atoms with Gasteiger partial charge >= 0.3 is 0 Å². The number of carbonyl (C=O) groups is 1. The Kier molecular flexibility index (Phi) is 4.00. The van der Waals surface area contributed by atoms with Gasteiger partial charge in [0.1, 0.15) is 11.6 Å². The van der Waals surface area contributed by atoms with Crippen molar-refractivity contribution in [2.45, 2.75) is 31.3 Å². The van der Waals surface area contributed by atoms with Crippen molar-refractivity contribution in [2.75, 3.05) is 13.2 Å². The van der Waals surface area contributed by atoms with Gasteiger partial charge in [-0.1, -0.05) is 6.07 Å². The van der Waals surface area contributed by atoms with Crippen molar-refractivity contribution >= 4 is 5.78 Å². The quantitative estimate of drug-likeness (QED) is 0.917. The summed E-state index contributed by atoms with van der Waals surface area (Å²) in [6.45, 7) is 1.29. The van der Waals surface area contributed by atoms with Crippen LogP contribution in [-0.2, 0) is 16.0 Å². The molecule has 2 unspecified atom stereocenters. The number of hydrogen-bond acceptors (Lipinski definition) is 4. The van der Waals surface area contributed by atoms with Crippen LogP contribution in [0.5, 0.6) is 0 Å². The number of ketones is 1. The van der Waals surface area contributed by atoms with E-state index in [9.17, 15) is 9.18 Å². The summed E-state index contributed by atoms with van der Waals surface area (Å²) in [5.41, 5.74) is 0.649. The summed E-state index contributed by atoms with van der Waals surface area (Å²) in [5.74, 6) is -0.419. The first-order valence-corrected chi connectivity index (χ1v) is 7.20. The Morgan fingerprint density at radius 2 is 2.10 bits per heavy atom. The van der Waals surface area contributed by atoms with Gasteiger partial charge in [-0.2, -0.15) is 5.26 Å². The van der Waals surface area contributed by atoms with Crippen molar-refractivity contribution < 1.29 is 13.9 Å². The van der Waals surface area contributed by atoms with E-state index < -0.39 is 5.82 Å². The van der Waals surface area contributed by atoms with Crippen LogP contribution in [0.25, 0.3) is 0 Å². The van der Waals surface area contributed by atoms with E-state index in [1.807, 2.05) is 6.07 Å². The minimum Gasteiger partial charge on any atom is -0.378 e. The highest BCUT2D eigenvalue weighted by Crippen LogP contribution is 2.26. The molecule has 2 heterocycles. The van der Waals surface area contributed by atoms with E-state index in [0.29, 0.717) is 18.8 Å². The smallest absolute Gasteiger partial charge is 0.140 e. The molecule has 21 heavy (non-hydrogen) atoms. The molecule has 2 atom stereocenters. The van der Waals surface area contributed by atoms with Crippen molar-refractivity contribution in [1.82, 2.24) is 5.32 Å². The van der Waals surface area contributed by atoms with Gasteiger partial charge in [0.2, 0.25) is 0 Å². The third-order valence-electron chi connectivity index (χ3n) is 4.25. The molecule has 110 valence electrons. The highest BCUT2D eigenvalue weighted by molar-refractivity contribution is 5.83. The van der Waals surface area contributed by atoms with Crippen molar-refractivity contribution in [3.63, 3.8) is 0 Å². The van der Waals surface area contributed by atoms with Gasteiger partial charge in [-0.25, -0.2) is 4.39 Å². The molecule has 0 spiro atoms. The second-order valence-electron chi connectivity index (χ2n) is 5.83. The predicted molar refractivity (Wildman–Crippen MR) is 74.1 cm³/mol. The van der Waals surface area contributed by atoms with Crippen LogP contribution in [0.15, 0.2) is 18.2 Å². The maximum atomic E-state index is 13.9. The lowest BCUT2D eigenvalue weighted by atomic mass is 9.82. The largest absolute Gasteiger partial charge is 0.378 e. The lowest BCUT2D eigenvalue weighted by Crippen LogP contribution is -2.55. The van der Waals surface area contributed by atoms with Crippen LogP contribution in [-0.4, -0.2) is 31.1 Å². The molecular formula is C16H17FN2O2. The van der Waals surface area contributed by atoms with E-state index in [1.165, 1.54) is 12.1 Å². The average molecular weight is 288 g/mol. The summed E-state index contributed by atoms with van der Waals surface area (Å²) in [4.78, 5) is 12.4. The van der Waals surface area contributed by atoms with Crippen LogP contribution in [0, 0.1) is 23.1 Å². The molecule has 2 saturated heterocycles. The van der Waals surface area contributed by atoms with Crippen LogP contribution in [0.1, 0.15) is 24.0 Å². The van der Waals surface area contributed by atoms with Crippen molar-refractivity contribution in [1.29, 1.82) is 5.26 Å². The van der Waals surface area contributed by atoms with Gasteiger partial charge in [-0.05, 0) is 30.5 Å². The molecule has 1 aromatic rings. The van der Waals surface area contributed by atoms with Crippen molar-refractivity contribution in [2.24, 2.45) is 5.92 Å². The van der Waals surface area contributed by atoms with Crippen LogP contribution < -0.4 is 5.32 Å². The Labute approximate surface area is 122 Å². The zero-order valence-electron chi connectivity index (χ0n) is 11.6. The summed E-state index contributed by atoms with van der Waals surface area (Å²) in [5, 5.41) is 12.2. The minimum absolute atomic E-state index is 0.0276. The molecule has 0 aliphatic carbocycles. The van der Waals surface area contributed by atoms with Gasteiger partial charge in [0, 0.05) is 24.4 Å². The summed E-state index contributed by atoms with van der Waals surface area (Å²) in [6.07, 6.45) is 1.61. The van der Waals surface area contributed by atoms with Crippen molar-refractivity contribution in [3.8, 4) is 6.07 Å². The minimum atomic E-state index is -0.472. The van der Waals surface area contributed by atoms with E-state index in [4.69, 9.17) is 10.00 Å². The van der Waals surface area contributed by atoms with E-state index >= 15 is 0 Å². The molecule has 2 aliphatic rings. The molecule has 5 heteroatoms. The second-order valence-corrected chi connectivity index (χ2v) is 5.83. The first-order chi connectivity index (χ1) is 10.2. The predicted octanol–water partition coefficient (Wildman–Crippen LogP) is 1.58. The molecule has 4 nitrogen and oxygen atoms in total. The summed E-state index contributed by atoms with van der Waals surface area (Å²) in [6, 6.07) is 6.64. The summed E-state index contributed by atoms with van der Waals surface area (Å²) >= 11 is 0. The number of fused-ring (bicyclic) bond motifs is 2. The van der Waals surface area contributed by atoms with E-state index in [0.717, 1.165) is 12.8 Å². The van der Waals surface area contributed by atoms with Gasteiger partial charge in [0.15, 0.2) is 0 Å². The van der Waals surface area contributed by atoms with Gasteiger partial charge in [-0.3, -0.25) is 4.79 Å². The highest BCUT2D eigenvalue weighted by Gasteiger charge is 2.35. The first-order valence-electron chi connectivity index (χ1n) is 7.20. The molecule has 0 saturated carbocycles. The van der Waals surface area contributed by atoms with E-state index in [-0.39, 0.29) is 35.8 Å². The van der Waals surface area contributed by atoms with Crippen molar-refractivity contribution in [3.05, 3.63) is 35.1 Å². The number of nitrogens with zero attached hydrogens (tertiary/aromatic N) is 1. The zero-order valence-corrected chi connectivity index (χ0v) is 11.6. The third-order valence-corrected chi connectivity index (χ3v) is 4.25. The van der Waals surface area contributed by atoms with Crippen LogP contribution >= 0.6 is 0 Å². The molecular weight excluding hydrogens is 271 g/mol. The molecule has 2 fully saturated rings. The summed E-state index contributed by atoms with van der Waals surface area (Å²) in [7, 11) is 0. The number of Topliss-reactive ketones (excluding diaryl/α,β-unsaturated/α-hetero) is 1. The van der Waals surface area contributed by atoms with Gasteiger partial charge in [-0.15, -0.1) is 0 Å². The Morgan fingerprint density at radius 1 is 1.38 bits per heavy atom. The number of hydrogen-bond donors (Lipinski definition) is 1. The molecule has 3 rings (SSSR count). The van der Waals surface area contributed by atoms with Gasteiger partial charge in [0.25, 0.3) is 0 Å². The number of benzene rings is 1. The Balaban J connectivity index is 1.68.